The predicted molar refractivity (Wildman–Crippen MR) is 95.6 cm³/mol. The van der Waals surface area contributed by atoms with E-state index in [0.717, 1.165) is 37.3 Å². The van der Waals surface area contributed by atoms with Crippen LogP contribution in [0.4, 0.5) is 17.2 Å². The van der Waals surface area contributed by atoms with Crippen LogP contribution in [-0.4, -0.2) is 29.0 Å². The molecule has 1 saturated heterocycles. The highest BCUT2D eigenvalue weighted by atomic mass is 16.6. The summed E-state index contributed by atoms with van der Waals surface area (Å²) >= 11 is 0. The Balaban J connectivity index is 1.65. The van der Waals surface area contributed by atoms with E-state index in [0.29, 0.717) is 11.3 Å². The zero-order chi connectivity index (χ0) is 17.8. The second kappa shape index (κ2) is 7.18. The van der Waals surface area contributed by atoms with Crippen molar-refractivity contribution in [3.05, 3.63) is 57.8 Å². The third-order valence-corrected chi connectivity index (χ3v) is 4.49. The molecule has 0 aliphatic carbocycles. The minimum atomic E-state index is -0.342. The predicted octanol–water partition coefficient (Wildman–Crippen LogP) is 3.25. The molecular formula is C18H19N5O2. The van der Waals surface area contributed by atoms with Gasteiger partial charge in [-0.3, -0.25) is 10.1 Å². The number of nitriles is 1. The standard InChI is InChI=1S/C18H19N5O2/c1-13-3-2-4-16(23(24)25)18(13)21-15-7-9-22(10-8-15)17-6-5-14(11-19)12-20-17/h2-6,12,15,21H,7-10H2,1H3. The molecule has 0 saturated carbocycles. The monoisotopic (exact) mass is 337 g/mol. The summed E-state index contributed by atoms with van der Waals surface area (Å²) in [7, 11) is 0. The molecule has 0 unspecified atom stereocenters. The summed E-state index contributed by atoms with van der Waals surface area (Å²) < 4.78 is 0. The van der Waals surface area contributed by atoms with Gasteiger partial charge in [-0.15, -0.1) is 0 Å². The van der Waals surface area contributed by atoms with Gasteiger partial charge in [0.25, 0.3) is 5.69 Å². The van der Waals surface area contributed by atoms with E-state index < -0.39 is 0 Å². The molecular weight excluding hydrogens is 318 g/mol. The van der Waals surface area contributed by atoms with Crippen LogP contribution in [0.5, 0.6) is 0 Å². The van der Waals surface area contributed by atoms with Crippen molar-refractivity contribution in [2.24, 2.45) is 0 Å². The molecule has 0 spiro atoms. The van der Waals surface area contributed by atoms with Crippen molar-refractivity contribution in [3.8, 4) is 6.07 Å². The van der Waals surface area contributed by atoms with Gasteiger partial charge in [-0.05, 0) is 37.5 Å². The second-order valence-corrected chi connectivity index (χ2v) is 6.15. The molecule has 25 heavy (non-hydrogen) atoms. The van der Waals surface area contributed by atoms with Crippen molar-refractivity contribution < 1.29 is 4.92 Å². The molecule has 1 aliphatic heterocycles. The Kier molecular flexibility index (Phi) is 4.80. The van der Waals surface area contributed by atoms with Crippen LogP contribution in [0.3, 0.4) is 0 Å². The Morgan fingerprint density at radius 1 is 1.32 bits per heavy atom. The number of nitrogens with zero attached hydrogens (tertiary/aromatic N) is 4. The zero-order valence-electron chi connectivity index (χ0n) is 14.0. The van der Waals surface area contributed by atoms with Crippen LogP contribution in [0.15, 0.2) is 36.5 Å². The van der Waals surface area contributed by atoms with Crippen LogP contribution in [0.2, 0.25) is 0 Å². The third-order valence-electron chi connectivity index (χ3n) is 4.49. The smallest absolute Gasteiger partial charge is 0.292 e. The molecule has 128 valence electrons. The number of piperidine rings is 1. The van der Waals surface area contributed by atoms with E-state index in [1.165, 1.54) is 6.07 Å². The van der Waals surface area contributed by atoms with Crippen LogP contribution in [0.25, 0.3) is 0 Å². The topological polar surface area (TPSA) is 95.1 Å². The van der Waals surface area contributed by atoms with Crippen LogP contribution in [-0.2, 0) is 0 Å². The largest absolute Gasteiger partial charge is 0.376 e. The van der Waals surface area contributed by atoms with Crippen molar-refractivity contribution in [2.75, 3.05) is 23.3 Å². The lowest BCUT2D eigenvalue weighted by atomic mass is 10.0. The lowest BCUT2D eigenvalue weighted by Gasteiger charge is -2.33. The molecule has 1 N–H and O–H groups in total. The van der Waals surface area contributed by atoms with Gasteiger partial charge in [-0.25, -0.2) is 4.98 Å². The number of hydrogen-bond donors (Lipinski definition) is 1. The minimum absolute atomic E-state index is 0.121. The summed E-state index contributed by atoms with van der Waals surface area (Å²) in [5.74, 6) is 0.860. The fraction of sp³-hybridized carbons (Fsp3) is 0.333. The maximum Gasteiger partial charge on any atom is 0.292 e. The van der Waals surface area contributed by atoms with Crippen molar-refractivity contribution in [2.45, 2.75) is 25.8 Å². The first kappa shape index (κ1) is 16.7. The minimum Gasteiger partial charge on any atom is -0.376 e. The summed E-state index contributed by atoms with van der Waals surface area (Å²) in [6, 6.07) is 11.0. The van der Waals surface area contributed by atoms with Crippen LogP contribution < -0.4 is 10.2 Å². The number of para-hydroxylation sites is 1. The number of pyridine rings is 1. The van der Waals surface area contributed by atoms with Crippen LogP contribution >= 0.6 is 0 Å². The number of anilines is 2. The molecule has 2 aromatic rings. The molecule has 1 aromatic carbocycles. The van der Waals surface area contributed by atoms with Gasteiger partial charge in [0.15, 0.2) is 0 Å². The van der Waals surface area contributed by atoms with Crippen LogP contribution in [0.1, 0.15) is 24.0 Å². The summed E-state index contributed by atoms with van der Waals surface area (Å²) in [6.07, 6.45) is 3.32. The average molecular weight is 337 g/mol. The molecule has 1 aromatic heterocycles. The van der Waals surface area contributed by atoms with Gasteiger partial charge in [-0.2, -0.15) is 5.26 Å². The van der Waals surface area contributed by atoms with Gasteiger partial charge in [0.05, 0.1) is 10.5 Å². The van der Waals surface area contributed by atoms with Gasteiger partial charge in [-0.1, -0.05) is 12.1 Å². The maximum atomic E-state index is 11.2. The van der Waals surface area contributed by atoms with E-state index in [2.05, 4.69) is 21.3 Å². The Labute approximate surface area is 146 Å². The Morgan fingerprint density at radius 3 is 2.68 bits per heavy atom. The van der Waals surface area contributed by atoms with Gasteiger partial charge in [0.2, 0.25) is 0 Å². The van der Waals surface area contributed by atoms with Crippen molar-refractivity contribution in [1.82, 2.24) is 4.98 Å². The Hall–Kier alpha value is -3.14. The number of nitro benzene ring substituents is 1. The lowest BCUT2D eigenvalue weighted by molar-refractivity contribution is -0.384. The number of aromatic nitrogens is 1. The number of rotatable bonds is 4. The summed E-state index contributed by atoms with van der Waals surface area (Å²) in [6.45, 7) is 3.51. The van der Waals surface area contributed by atoms with Gasteiger partial charge in [0.1, 0.15) is 17.6 Å². The zero-order valence-corrected chi connectivity index (χ0v) is 14.0. The molecule has 0 radical (unpaired) electrons. The van der Waals surface area contributed by atoms with Gasteiger partial charge < -0.3 is 10.2 Å². The number of benzene rings is 1. The van der Waals surface area contributed by atoms with E-state index in [4.69, 9.17) is 5.26 Å². The van der Waals surface area contributed by atoms with E-state index in [-0.39, 0.29) is 16.7 Å². The fourth-order valence-corrected chi connectivity index (χ4v) is 3.09. The highest BCUT2D eigenvalue weighted by molar-refractivity contribution is 5.66. The Morgan fingerprint density at radius 2 is 2.08 bits per heavy atom. The average Bonchev–Trinajstić information content (AvgIpc) is 2.64. The first-order valence-electron chi connectivity index (χ1n) is 8.20. The molecule has 0 amide bonds. The van der Waals surface area contributed by atoms with Gasteiger partial charge >= 0.3 is 0 Å². The molecule has 0 atom stereocenters. The lowest BCUT2D eigenvalue weighted by Crippen LogP contribution is -2.39. The van der Waals surface area contributed by atoms with E-state index >= 15 is 0 Å². The molecule has 0 bridgehead atoms. The molecule has 1 aliphatic rings. The third kappa shape index (κ3) is 3.69. The molecule has 2 heterocycles. The van der Waals surface area contributed by atoms with E-state index in [9.17, 15) is 10.1 Å². The maximum absolute atomic E-state index is 11.2. The quantitative estimate of drug-likeness (QED) is 0.680. The first-order valence-corrected chi connectivity index (χ1v) is 8.20. The number of nitro groups is 1. The summed E-state index contributed by atoms with van der Waals surface area (Å²) in [5.41, 5.74) is 2.16. The van der Waals surface area contributed by atoms with Crippen molar-refractivity contribution in [3.63, 3.8) is 0 Å². The van der Waals surface area contributed by atoms with E-state index in [1.54, 1.807) is 18.3 Å². The highest BCUT2D eigenvalue weighted by Crippen LogP contribution is 2.30. The number of nitrogens with one attached hydrogen (secondary N) is 1. The molecule has 7 heteroatoms. The van der Waals surface area contributed by atoms with E-state index in [1.807, 2.05) is 19.1 Å². The SMILES string of the molecule is Cc1cccc([N+](=O)[O-])c1NC1CCN(c2ccc(C#N)cn2)CC1. The normalized spacial score (nSPS) is 14.8. The van der Waals surface area contributed by atoms with Crippen molar-refractivity contribution >= 4 is 17.2 Å². The van der Waals surface area contributed by atoms with Crippen molar-refractivity contribution in [1.29, 1.82) is 5.26 Å². The van der Waals surface area contributed by atoms with Gasteiger partial charge in [0, 0.05) is 31.4 Å². The molecule has 1 fully saturated rings. The summed E-state index contributed by atoms with van der Waals surface area (Å²) in [5, 5.41) is 23.4. The highest BCUT2D eigenvalue weighted by Gasteiger charge is 2.23. The Bertz CT molecular complexity index is 805. The molecule has 7 nitrogen and oxygen atoms in total. The second-order valence-electron chi connectivity index (χ2n) is 6.15. The molecule has 3 rings (SSSR count). The van der Waals surface area contributed by atoms with Crippen LogP contribution in [0, 0.1) is 28.4 Å². The number of hydrogen-bond acceptors (Lipinski definition) is 6. The first-order chi connectivity index (χ1) is 12.1. The summed E-state index contributed by atoms with van der Waals surface area (Å²) in [4.78, 5) is 17.4. The fourth-order valence-electron chi connectivity index (χ4n) is 3.09. The number of aryl methyl sites for hydroxylation is 1.